The maximum absolute atomic E-state index is 13.2. The second kappa shape index (κ2) is 10.5. The summed E-state index contributed by atoms with van der Waals surface area (Å²) in [6.07, 6.45) is -0.225. The second-order valence-electron chi connectivity index (χ2n) is 14.4. The molecule has 2 aliphatic rings. The maximum atomic E-state index is 13.2. The molecule has 2 heterocycles. The van der Waals surface area contributed by atoms with Crippen LogP contribution >= 0.6 is 0 Å². The van der Waals surface area contributed by atoms with E-state index in [1.165, 1.54) is 0 Å². The van der Waals surface area contributed by atoms with Gasteiger partial charge in [0.2, 0.25) is 0 Å². The third-order valence-corrected chi connectivity index (χ3v) is 12.5. The SMILES string of the molecule is COc1c(C)cc(C[C@@H]([C@H]2COC(C)(C)O2)N(C)C(=O)OC(C)(C)C)c2c1O[Si](C(C)(C)C)(C(C)(C)C)OC2. The predicted molar refractivity (Wildman–Crippen MR) is 155 cm³/mol. The number of likely N-dealkylation sites (N-methyl/N-ethyl adjacent to an activating group) is 1. The lowest BCUT2D eigenvalue weighted by atomic mass is 9.94. The Balaban J connectivity index is 2.10. The zero-order valence-electron chi connectivity index (χ0n) is 26.7. The van der Waals surface area contributed by atoms with Crippen molar-refractivity contribution in [1.29, 1.82) is 0 Å². The van der Waals surface area contributed by atoms with E-state index in [0.717, 1.165) is 28.2 Å². The van der Waals surface area contributed by atoms with E-state index in [-0.39, 0.29) is 22.2 Å². The number of benzene rings is 1. The van der Waals surface area contributed by atoms with Crippen molar-refractivity contribution >= 4 is 14.7 Å². The molecular weight excluding hydrogens is 514 g/mol. The Labute approximate surface area is 236 Å². The van der Waals surface area contributed by atoms with Crippen molar-refractivity contribution in [2.24, 2.45) is 0 Å². The van der Waals surface area contributed by atoms with Crippen molar-refractivity contribution in [2.45, 2.75) is 130 Å². The van der Waals surface area contributed by atoms with Gasteiger partial charge in [0.05, 0.1) is 26.4 Å². The Morgan fingerprint density at radius 3 is 2.18 bits per heavy atom. The van der Waals surface area contributed by atoms with Gasteiger partial charge in [-0.25, -0.2) is 4.79 Å². The number of methoxy groups -OCH3 is 1. The first kappa shape index (κ1) is 31.7. The molecule has 39 heavy (non-hydrogen) atoms. The fraction of sp³-hybridized carbons (Fsp3) is 0.767. The summed E-state index contributed by atoms with van der Waals surface area (Å²) in [5, 5.41) is -0.365. The highest BCUT2D eigenvalue weighted by Crippen LogP contribution is 2.57. The highest BCUT2D eigenvalue weighted by molar-refractivity contribution is 6.74. The molecule has 1 fully saturated rings. The number of aryl methyl sites for hydroxylation is 1. The van der Waals surface area contributed by atoms with Gasteiger partial charge in [-0.3, -0.25) is 0 Å². The van der Waals surface area contributed by atoms with Gasteiger partial charge < -0.3 is 32.7 Å². The second-order valence-corrected chi connectivity index (χ2v) is 19.2. The molecular formula is C30H51NO7Si. The molecule has 0 aliphatic carbocycles. The standard InChI is InChI=1S/C30H51NO7Si/c1-19-15-20(16-22(23-18-34-30(11,12)36-23)31(13)26(32)37-27(2,3)4)21-17-35-39(28(5,6)7,29(8,9)10)38-25(21)24(19)33-14/h15,22-23H,16-18H2,1-14H3/t22-,23+/m0/s1. The zero-order valence-corrected chi connectivity index (χ0v) is 27.7. The summed E-state index contributed by atoms with van der Waals surface area (Å²) in [6, 6.07) is 1.77. The fourth-order valence-corrected chi connectivity index (χ4v) is 10.5. The van der Waals surface area contributed by atoms with Gasteiger partial charge >= 0.3 is 14.7 Å². The Bertz CT molecular complexity index is 1050. The van der Waals surface area contributed by atoms with Crippen LogP contribution in [0.2, 0.25) is 10.1 Å². The summed E-state index contributed by atoms with van der Waals surface area (Å²) in [5.74, 6) is 0.767. The van der Waals surface area contributed by atoms with Gasteiger partial charge in [-0.15, -0.1) is 0 Å². The first-order chi connectivity index (χ1) is 17.6. The summed E-state index contributed by atoms with van der Waals surface area (Å²) in [4.78, 5) is 14.9. The van der Waals surface area contributed by atoms with Crippen LogP contribution in [0.5, 0.6) is 11.5 Å². The zero-order chi connectivity index (χ0) is 29.8. The number of hydrogen-bond donors (Lipinski definition) is 0. The summed E-state index contributed by atoms with van der Waals surface area (Å²) < 4.78 is 37.7. The average molecular weight is 566 g/mol. The predicted octanol–water partition coefficient (Wildman–Crippen LogP) is 6.88. The minimum absolute atomic E-state index is 0.183. The summed E-state index contributed by atoms with van der Waals surface area (Å²) in [5.41, 5.74) is 2.34. The number of amides is 1. The molecule has 1 amide bonds. The molecule has 222 valence electrons. The van der Waals surface area contributed by atoms with Gasteiger partial charge in [0.1, 0.15) is 11.7 Å². The number of ether oxygens (including phenoxy) is 4. The van der Waals surface area contributed by atoms with Crippen molar-refractivity contribution in [3.8, 4) is 11.5 Å². The van der Waals surface area contributed by atoms with Crippen LogP contribution < -0.4 is 9.16 Å². The molecule has 8 nitrogen and oxygen atoms in total. The van der Waals surface area contributed by atoms with Crippen LogP contribution in [0.4, 0.5) is 4.79 Å². The van der Waals surface area contributed by atoms with Crippen molar-refractivity contribution < 1.29 is 32.6 Å². The fourth-order valence-electron chi connectivity index (χ4n) is 5.91. The van der Waals surface area contributed by atoms with Crippen molar-refractivity contribution in [2.75, 3.05) is 20.8 Å². The van der Waals surface area contributed by atoms with Crippen LogP contribution in [0.1, 0.15) is 92.9 Å². The average Bonchev–Trinajstić information content (AvgIpc) is 3.13. The molecule has 2 atom stereocenters. The molecule has 0 spiro atoms. The Kier molecular flexibility index (Phi) is 8.57. The first-order valence-corrected chi connectivity index (χ1v) is 15.7. The van der Waals surface area contributed by atoms with Gasteiger partial charge in [-0.05, 0) is 59.1 Å². The number of hydrogen-bond acceptors (Lipinski definition) is 7. The third kappa shape index (κ3) is 6.42. The number of carbonyl (C=O) groups is 1. The van der Waals surface area contributed by atoms with Gasteiger partial charge in [-0.2, -0.15) is 0 Å². The van der Waals surface area contributed by atoms with E-state index in [1.54, 1.807) is 19.1 Å². The van der Waals surface area contributed by atoms with Crippen LogP contribution in [-0.2, 0) is 31.7 Å². The topological polar surface area (TPSA) is 75.7 Å². The smallest absolute Gasteiger partial charge is 0.410 e. The van der Waals surface area contributed by atoms with Crippen molar-refractivity contribution in [1.82, 2.24) is 4.90 Å². The van der Waals surface area contributed by atoms with Gasteiger partial charge in [0.25, 0.3) is 0 Å². The molecule has 0 bridgehead atoms. The molecule has 1 aromatic rings. The molecule has 3 rings (SSSR count). The number of nitrogens with zero attached hydrogens (tertiary/aromatic N) is 1. The van der Waals surface area contributed by atoms with E-state index in [1.807, 2.05) is 41.5 Å². The first-order valence-electron chi connectivity index (χ1n) is 13.9. The summed E-state index contributed by atoms with van der Waals surface area (Å²) >= 11 is 0. The van der Waals surface area contributed by atoms with Gasteiger partial charge in [0.15, 0.2) is 17.3 Å². The Morgan fingerprint density at radius 1 is 1.13 bits per heavy atom. The number of rotatable bonds is 5. The number of carbonyl (C=O) groups excluding carboxylic acids is 1. The highest BCUT2D eigenvalue weighted by atomic mass is 28.4. The van der Waals surface area contributed by atoms with E-state index in [9.17, 15) is 4.79 Å². The Morgan fingerprint density at radius 2 is 1.72 bits per heavy atom. The van der Waals surface area contributed by atoms with E-state index in [0.29, 0.717) is 19.6 Å². The van der Waals surface area contributed by atoms with Crippen molar-refractivity contribution in [3.63, 3.8) is 0 Å². The van der Waals surface area contributed by atoms with E-state index in [2.05, 4.69) is 47.6 Å². The molecule has 1 aromatic carbocycles. The molecule has 0 N–H and O–H groups in total. The van der Waals surface area contributed by atoms with Gasteiger partial charge in [-0.1, -0.05) is 47.6 Å². The molecule has 1 saturated heterocycles. The monoisotopic (exact) mass is 565 g/mol. The van der Waals surface area contributed by atoms with E-state index < -0.39 is 26.0 Å². The minimum Gasteiger partial charge on any atom is -0.516 e. The molecule has 0 unspecified atom stereocenters. The van der Waals surface area contributed by atoms with Crippen LogP contribution in [0, 0.1) is 6.92 Å². The van der Waals surface area contributed by atoms with Crippen LogP contribution in [0.3, 0.4) is 0 Å². The maximum Gasteiger partial charge on any atom is 0.410 e. The van der Waals surface area contributed by atoms with E-state index >= 15 is 0 Å². The Hall–Kier alpha value is -1.81. The minimum atomic E-state index is -2.79. The normalized spacial score (nSPS) is 21.5. The van der Waals surface area contributed by atoms with Gasteiger partial charge in [0, 0.05) is 22.7 Å². The quantitative estimate of drug-likeness (QED) is 0.360. The molecule has 0 aromatic heterocycles. The lowest BCUT2D eigenvalue weighted by Gasteiger charge is -2.51. The lowest BCUT2D eigenvalue weighted by molar-refractivity contribution is -0.145. The molecule has 0 saturated carbocycles. The summed E-state index contributed by atoms with van der Waals surface area (Å²) in [6.45, 7) is 25.4. The third-order valence-electron chi connectivity index (χ3n) is 7.53. The summed E-state index contributed by atoms with van der Waals surface area (Å²) in [7, 11) is 0.657. The van der Waals surface area contributed by atoms with Crippen LogP contribution in [0.15, 0.2) is 6.07 Å². The molecule has 0 radical (unpaired) electrons. The number of fused-ring (bicyclic) bond motifs is 1. The van der Waals surface area contributed by atoms with E-state index in [4.69, 9.17) is 27.8 Å². The van der Waals surface area contributed by atoms with Crippen LogP contribution in [0.25, 0.3) is 0 Å². The van der Waals surface area contributed by atoms with Crippen LogP contribution in [-0.4, -0.2) is 63.9 Å². The molecule has 9 heteroatoms. The molecule has 2 aliphatic heterocycles. The highest BCUT2D eigenvalue weighted by Gasteiger charge is 2.62. The largest absolute Gasteiger partial charge is 0.516 e. The lowest BCUT2D eigenvalue weighted by Crippen LogP contribution is -2.61. The van der Waals surface area contributed by atoms with Crippen molar-refractivity contribution in [3.05, 3.63) is 22.8 Å².